The molecule has 1 unspecified atom stereocenters. The topological polar surface area (TPSA) is 12.0 Å². The van der Waals surface area contributed by atoms with Gasteiger partial charge in [0.25, 0.3) is 0 Å². The third-order valence-corrected chi connectivity index (χ3v) is 2.75. The van der Waals surface area contributed by atoms with Crippen molar-refractivity contribution in [2.45, 2.75) is 39.2 Å². The van der Waals surface area contributed by atoms with Gasteiger partial charge in [-0.3, -0.25) is 0 Å². The van der Waals surface area contributed by atoms with Gasteiger partial charge in [0.1, 0.15) is 0 Å². The Morgan fingerprint density at radius 2 is 2.23 bits per heavy atom. The maximum absolute atomic E-state index is 3.56. The summed E-state index contributed by atoms with van der Waals surface area (Å²) in [5.74, 6) is 0. The van der Waals surface area contributed by atoms with Crippen molar-refractivity contribution >= 4 is 5.69 Å². The van der Waals surface area contributed by atoms with Crippen LogP contribution in [0.3, 0.4) is 0 Å². The monoisotopic (exact) mass is 175 g/mol. The molecule has 0 spiro atoms. The van der Waals surface area contributed by atoms with Gasteiger partial charge in [-0.25, -0.2) is 0 Å². The van der Waals surface area contributed by atoms with Gasteiger partial charge >= 0.3 is 0 Å². The second kappa shape index (κ2) is 3.41. The summed E-state index contributed by atoms with van der Waals surface area (Å²) >= 11 is 0. The lowest BCUT2D eigenvalue weighted by molar-refractivity contribution is 0.674. The van der Waals surface area contributed by atoms with Crippen molar-refractivity contribution in [3.8, 4) is 0 Å². The second-order valence-electron chi connectivity index (χ2n) is 4.10. The van der Waals surface area contributed by atoms with Crippen LogP contribution in [0.2, 0.25) is 0 Å². The smallest absolute Gasteiger partial charge is 0.0377 e. The average molecular weight is 175 g/mol. The molecule has 1 aromatic rings. The molecule has 1 N–H and O–H groups in total. The first-order chi connectivity index (χ1) is 6.25. The van der Waals surface area contributed by atoms with Crippen molar-refractivity contribution < 1.29 is 0 Å². The lowest BCUT2D eigenvalue weighted by Crippen LogP contribution is -2.13. The van der Waals surface area contributed by atoms with Crippen LogP contribution in [-0.2, 0) is 6.42 Å². The SMILES string of the molecule is Cc1ccc2c(c1)NC(C)CCC2. The molecule has 13 heavy (non-hydrogen) atoms. The first-order valence-electron chi connectivity index (χ1n) is 5.12. The third-order valence-electron chi connectivity index (χ3n) is 2.75. The van der Waals surface area contributed by atoms with Gasteiger partial charge in [-0.2, -0.15) is 0 Å². The Balaban J connectivity index is 2.35. The summed E-state index contributed by atoms with van der Waals surface area (Å²) in [7, 11) is 0. The maximum Gasteiger partial charge on any atom is 0.0377 e. The van der Waals surface area contributed by atoms with Crippen molar-refractivity contribution in [2.75, 3.05) is 5.32 Å². The Labute approximate surface area is 80.2 Å². The Morgan fingerprint density at radius 1 is 1.38 bits per heavy atom. The van der Waals surface area contributed by atoms with E-state index in [1.54, 1.807) is 0 Å². The van der Waals surface area contributed by atoms with Gasteiger partial charge in [-0.05, 0) is 50.3 Å². The van der Waals surface area contributed by atoms with E-state index in [9.17, 15) is 0 Å². The molecule has 0 amide bonds. The quantitative estimate of drug-likeness (QED) is 0.638. The molecule has 0 radical (unpaired) electrons. The molecule has 1 atom stereocenters. The molecule has 0 fully saturated rings. The fraction of sp³-hybridized carbons (Fsp3) is 0.500. The summed E-state index contributed by atoms with van der Waals surface area (Å²) < 4.78 is 0. The highest BCUT2D eigenvalue weighted by Gasteiger charge is 2.11. The Kier molecular flexibility index (Phi) is 2.26. The van der Waals surface area contributed by atoms with E-state index in [1.807, 2.05) is 0 Å². The van der Waals surface area contributed by atoms with E-state index in [0.717, 1.165) is 0 Å². The number of aryl methyl sites for hydroxylation is 2. The van der Waals surface area contributed by atoms with Crippen LogP contribution in [0.25, 0.3) is 0 Å². The lowest BCUT2D eigenvalue weighted by atomic mass is 10.1. The fourth-order valence-electron chi connectivity index (χ4n) is 1.98. The van der Waals surface area contributed by atoms with Gasteiger partial charge < -0.3 is 5.32 Å². The van der Waals surface area contributed by atoms with E-state index in [2.05, 4.69) is 37.4 Å². The molecule has 70 valence electrons. The van der Waals surface area contributed by atoms with Gasteiger partial charge in [0, 0.05) is 11.7 Å². The number of fused-ring (bicyclic) bond motifs is 1. The first-order valence-corrected chi connectivity index (χ1v) is 5.12. The predicted molar refractivity (Wildman–Crippen MR) is 57.2 cm³/mol. The number of nitrogens with one attached hydrogen (secondary N) is 1. The molecular weight excluding hydrogens is 158 g/mol. The molecule has 0 saturated carbocycles. The van der Waals surface area contributed by atoms with Gasteiger partial charge in [0.15, 0.2) is 0 Å². The second-order valence-corrected chi connectivity index (χ2v) is 4.10. The zero-order valence-corrected chi connectivity index (χ0v) is 8.43. The standard InChI is InChI=1S/C12H17N/c1-9-6-7-11-5-3-4-10(2)13-12(11)8-9/h6-8,10,13H,3-5H2,1-2H3. The highest BCUT2D eigenvalue weighted by Crippen LogP contribution is 2.24. The number of rotatable bonds is 0. The molecule has 1 aliphatic rings. The van der Waals surface area contributed by atoms with Crippen LogP contribution < -0.4 is 5.32 Å². The molecule has 0 bridgehead atoms. The van der Waals surface area contributed by atoms with Crippen LogP contribution in [0.5, 0.6) is 0 Å². The Morgan fingerprint density at radius 3 is 3.08 bits per heavy atom. The highest BCUT2D eigenvalue weighted by molar-refractivity contribution is 5.54. The van der Waals surface area contributed by atoms with Crippen molar-refractivity contribution in [1.29, 1.82) is 0 Å². The summed E-state index contributed by atoms with van der Waals surface area (Å²) in [6.07, 6.45) is 3.82. The van der Waals surface area contributed by atoms with Crippen molar-refractivity contribution in [2.24, 2.45) is 0 Å². The van der Waals surface area contributed by atoms with E-state index in [0.29, 0.717) is 6.04 Å². The van der Waals surface area contributed by atoms with E-state index >= 15 is 0 Å². The fourth-order valence-corrected chi connectivity index (χ4v) is 1.98. The molecule has 1 aliphatic heterocycles. The molecule has 0 aliphatic carbocycles. The van der Waals surface area contributed by atoms with Crippen LogP contribution in [0.4, 0.5) is 5.69 Å². The van der Waals surface area contributed by atoms with E-state index in [4.69, 9.17) is 0 Å². The van der Waals surface area contributed by atoms with Crippen molar-refractivity contribution in [3.63, 3.8) is 0 Å². The minimum atomic E-state index is 0.628. The zero-order chi connectivity index (χ0) is 9.26. The largest absolute Gasteiger partial charge is 0.382 e. The average Bonchev–Trinajstić information content (AvgIpc) is 2.25. The summed E-state index contributed by atoms with van der Waals surface area (Å²) in [5.41, 5.74) is 4.18. The van der Waals surface area contributed by atoms with Crippen LogP contribution >= 0.6 is 0 Å². The lowest BCUT2D eigenvalue weighted by Gasteiger charge is -2.13. The van der Waals surface area contributed by atoms with Gasteiger partial charge in [0.2, 0.25) is 0 Å². The Hall–Kier alpha value is -0.980. The van der Waals surface area contributed by atoms with Crippen molar-refractivity contribution in [1.82, 2.24) is 0 Å². The van der Waals surface area contributed by atoms with Crippen LogP contribution in [0, 0.1) is 6.92 Å². The zero-order valence-electron chi connectivity index (χ0n) is 8.43. The van der Waals surface area contributed by atoms with Crippen molar-refractivity contribution in [3.05, 3.63) is 29.3 Å². The summed E-state index contributed by atoms with van der Waals surface area (Å²) in [6.45, 7) is 4.41. The molecule has 0 aromatic heterocycles. The molecular formula is C12H17N. The van der Waals surface area contributed by atoms with Gasteiger partial charge in [-0.1, -0.05) is 12.1 Å². The molecule has 2 rings (SSSR count). The molecule has 1 heteroatoms. The van der Waals surface area contributed by atoms with Crippen LogP contribution in [0.15, 0.2) is 18.2 Å². The molecule has 1 heterocycles. The first kappa shape index (κ1) is 8.61. The molecule has 1 nitrogen and oxygen atoms in total. The van der Waals surface area contributed by atoms with Crippen LogP contribution in [0.1, 0.15) is 30.9 Å². The number of benzene rings is 1. The summed E-state index contributed by atoms with van der Waals surface area (Å²) in [4.78, 5) is 0. The van der Waals surface area contributed by atoms with Gasteiger partial charge in [-0.15, -0.1) is 0 Å². The van der Waals surface area contributed by atoms with E-state index in [1.165, 1.54) is 36.1 Å². The predicted octanol–water partition coefficient (Wildman–Crippen LogP) is 3.13. The van der Waals surface area contributed by atoms with E-state index in [-0.39, 0.29) is 0 Å². The number of hydrogen-bond donors (Lipinski definition) is 1. The number of anilines is 1. The minimum Gasteiger partial charge on any atom is -0.382 e. The van der Waals surface area contributed by atoms with E-state index < -0.39 is 0 Å². The highest BCUT2D eigenvalue weighted by atomic mass is 14.9. The third kappa shape index (κ3) is 1.85. The molecule has 0 saturated heterocycles. The minimum absolute atomic E-state index is 0.628. The summed E-state index contributed by atoms with van der Waals surface area (Å²) in [6, 6.07) is 7.35. The van der Waals surface area contributed by atoms with Crippen LogP contribution in [-0.4, -0.2) is 6.04 Å². The Bertz CT molecular complexity index is 304. The molecule has 1 aromatic carbocycles. The maximum atomic E-state index is 3.56. The number of hydrogen-bond acceptors (Lipinski definition) is 1. The normalized spacial score (nSPS) is 21.5. The summed E-state index contributed by atoms with van der Waals surface area (Å²) in [5, 5.41) is 3.56. The van der Waals surface area contributed by atoms with Gasteiger partial charge in [0.05, 0.1) is 0 Å².